The average Bonchev–Trinajstić information content (AvgIpc) is 2.29. The number of hydrogen-bond donors (Lipinski definition) is 2. The molecule has 0 radical (unpaired) electrons. The molecule has 0 aliphatic heterocycles. The monoisotopic (exact) mass is 305 g/mol. The van der Waals surface area contributed by atoms with E-state index in [2.05, 4.69) is 37.5 Å². The summed E-state index contributed by atoms with van der Waals surface area (Å²) in [4.78, 5) is 17.8. The summed E-state index contributed by atoms with van der Waals surface area (Å²) in [5.74, 6) is 1.83. The summed E-state index contributed by atoms with van der Waals surface area (Å²) in [7, 11) is 0. The number of hydrogen-bond acceptors (Lipinski definition) is 4. The summed E-state index contributed by atoms with van der Waals surface area (Å²) in [6, 6.07) is 0. The number of aromatic amines is 1. The maximum absolute atomic E-state index is 11.2. The highest BCUT2D eigenvalue weighted by atomic mass is 79.9. The van der Waals surface area contributed by atoms with E-state index in [4.69, 9.17) is 0 Å². The molecule has 6 heteroatoms. The minimum absolute atomic E-state index is 0.153. The summed E-state index contributed by atoms with van der Waals surface area (Å²) in [5.41, 5.74) is -0.153. The molecule has 1 heterocycles. The fraction of sp³-hybridized carbons (Fsp3) is 0.600. The Bertz CT molecular complexity index is 369. The van der Waals surface area contributed by atoms with Crippen molar-refractivity contribution in [3.63, 3.8) is 0 Å². The van der Waals surface area contributed by atoms with Gasteiger partial charge in [-0.25, -0.2) is 4.98 Å². The van der Waals surface area contributed by atoms with E-state index in [1.54, 1.807) is 0 Å². The van der Waals surface area contributed by atoms with E-state index in [9.17, 15) is 4.79 Å². The van der Waals surface area contributed by atoms with Crippen molar-refractivity contribution in [2.45, 2.75) is 19.3 Å². The minimum Gasteiger partial charge on any atom is -0.369 e. The van der Waals surface area contributed by atoms with Gasteiger partial charge in [0, 0.05) is 6.54 Å². The number of thioether (sulfide) groups is 1. The number of halogens is 1. The predicted octanol–water partition coefficient (Wildman–Crippen LogP) is 2.48. The molecular formula is C10H16BrN3OS. The molecule has 2 N–H and O–H groups in total. The van der Waals surface area contributed by atoms with E-state index < -0.39 is 0 Å². The van der Waals surface area contributed by atoms with Gasteiger partial charge in [0.05, 0.1) is 6.33 Å². The highest BCUT2D eigenvalue weighted by Crippen LogP contribution is 2.13. The summed E-state index contributed by atoms with van der Waals surface area (Å²) < 4.78 is 0.471. The standard InChI is InChI=1S/C10H16BrN3OS/c1-16-6-4-2-3-5-12-9-8(11)10(15)14-7-13-9/h7H,2-6H2,1H3,(H2,12,13,14,15). The first-order valence-electron chi connectivity index (χ1n) is 5.21. The second kappa shape index (κ2) is 7.73. The second-order valence-electron chi connectivity index (χ2n) is 3.37. The molecule has 90 valence electrons. The van der Waals surface area contributed by atoms with Crippen molar-refractivity contribution >= 4 is 33.5 Å². The van der Waals surface area contributed by atoms with Gasteiger partial charge < -0.3 is 10.3 Å². The van der Waals surface area contributed by atoms with Crippen molar-refractivity contribution in [3.05, 3.63) is 21.2 Å². The van der Waals surface area contributed by atoms with Crippen LogP contribution in [0.25, 0.3) is 0 Å². The molecule has 16 heavy (non-hydrogen) atoms. The maximum Gasteiger partial charge on any atom is 0.267 e. The van der Waals surface area contributed by atoms with Gasteiger partial charge in [-0.15, -0.1) is 0 Å². The third-order valence-electron chi connectivity index (χ3n) is 2.11. The molecule has 0 amide bonds. The van der Waals surface area contributed by atoms with E-state index in [0.717, 1.165) is 13.0 Å². The molecule has 1 aromatic heterocycles. The zero-order valence-electron chi connectivity index (χ0n) is 9.25. The van der Waals surface area contributed by atoms with Crippen LogP contribution in [0.5, 0.6) is 0 Å². The van der Waals surface area contributed by atoms with Gasteiger partial charge >= 0.3 is 0 Å². The van der Waals surface area contributed by atoms with Crippen LogP contribution in [0, 0.1) is 0 Å². The molecule has 0 spiro atoms. The van der Waals surface area contributed by atoms with Gasteiger partial charge in [-0.3, -0.25) is 4.79 Å². The number of H-pyrrole nitrogens is 1. The third-order valence-corrected chi connectivity index (χ3v) is 3.55. The van der Waals surface area contributed by atoms with Gasteiger partial charge in [-0.05, 0) is 40.8 Å². The summed E-state index contributed by atoms with van der Waals surface area (Å²) in [6.45, 7) is 0.851. The Labute approximate surface area is 108 Å². The summed E-state index contributed by atoms with van der Waals surface area (Å²) in [5, 5.41) is 3.15. The minimum atomic E-state index is -0.153. The van der Waals surface area contributed by atoms with E-state index in [1.165, 1.54) is 24.9 Å². The van der Waals surface area contributed by atoms with Gasteiger partial charge in [0.25, 0.3) is 5.56 Å². The Morgan fingerprint density at radius 1 is 1.50 bits per heavy atom. The first-order chi connectivity index (χ1) is 7.75. The van der Waals surface area contributed by atoms with Crippen molar-refractivity contribution in [3.8, 4) is 0 Å². The largest absolute Gasteiger partial charge is 0.369 e. The van der Waals surface area contributed by atoms with Gasteiger partial charge in [-0.1, -0.05) is 6.42 Å². The van der Waals surface area contributed by atoms with Crippen LogP contribution in [-0.4, -0.2) is 28.5 Å². The number of aromatic nitrogens is 2. The Balaban J connectivity index is 2.27. The fourth-order valence-corrected chi connectivity index (χ4v) is 2.11. The van der Waals surface area contributed by atoms with Gasteiger partial charge in [-0.2, -0.15) is 11.8 Å². The lowest BCUT2D eigenvalue weighted by molar-refractivity contribution is 0.747. The van der Waals surface area contributed by atoms with Crippen LogP contribution in [0.15, 0.2) is 15.6 Å². The lowest BCUT2D eigenvalue weighted by Gasteiger charge is -2.05. The number of rotatable bonds is 7. The third kappa shape index (κ3) is 4.57. The Hall–Kier alpha value is -0.490. The van der Waals surface area contributed by atoms with E-state index in [-0.39, 0.29) is 5.56 Å². The lowest BCUT2D eigenvalue weighted by atomic mass is 10.2. The molecule has 0 aromatic carbocycles. The second-order valence-corrected chi connectivity index (χ2v) is 5.15. The van der Waals surface area contributed by atoms with Crippen LogP contribution in [0.2, 0.25) is 0 Å². The number of unbranched alkanes of at least 4 members (excludes halogenated alkanes) is 2. The van der Waals surface area contributed by atoms with Crippen molar-refractivity contribution in [1.29, 1.82) is 0 Å². The number of nitrogens with one attached hydrogen (secondary N) is 2. The van der Waals surface area contributed by atoms with Crippen LogP contribution in [-0.2, 0) is 0 Å². The molecule has 0 unspecified atom stereocenters. The molecule has 0 bridgehead atoms. The van der Waals surface area contributed by atoms with Crippen molar-refractivity contribution < 1.29 is 0 Å². The van der Waals surface area contributed by atoms with Crippen molar-refractivity contribution in [2.75, 3.05) is 23.9 Å². The van der Waals surface area contributed by atoms with Gasteiger partial charge in [0.1, 0.15) is 10.3 Å². The average molecular weight is 306 g/mol. The van der Waals surface area contributed by atoms with Crippen LogP contribution in [0.4, 0.5) is 5.82 Å². The van der Waals surface area contributed by atoms with Gasteiger partial charge in [0.2, 0.25) is 0 Å². The SMILES string of the molecule is CSCCCCCNc1nc[nH]c(=O)c1Br. The van der Waals surface area contributed by atoms with Crippen molar-refractivity contribution in [1.82, 2.24) is 9.97 Å². The quantitative estimate of drug-likeness (QED) is 0.760. The normalized spacial score (nSPS) is 10.4. The van der Waals surface area contributed by atoms with Crippen LogP contribution in [0.3, 0.4) is 0 Å². The van der Waals surface area contributed by atoms with Crippen LogP contribution < -0.4 is 10.9 Å². The first kappa shape index (κ1) is 13.6. The fourth-order valence-electron chi connectivity index (χ4n) is 1.26. The highest BCUT2D eigenvalue weighted by Gasteiger charge is 2.03. The molecule has 0 saturated carbocycles. The zero-order valence-corrected chi connectivity index (χ0v) is 11.7. The van der Waals surface area contributed by atoms with E-state index in [0.29, 0.717) is 10.3 Å². The highest BCUT2D eigenvalue weighted by molar-refractivity contribution is 9.10. The Morgan fingerprint density at radius 3 is 3.06 bits per heavy atom. The van der Waals surface area contributed by atoms with Crippen LogP contribution in [0.1, 0.15) is 19.3 Å². The number of nitrogens with zero attached hydrogens (tertiary/aromatic N) is 1. The maximum atomic E-state index is 11.2. The van der Waals surface area contributed by atoms with Crippen LogP contribution >= 0.6 is 27.7 Å². The molecule has 0 aliphatic rings. The Morgan fingerprint density at radius 2 is 2.31 bits per heavy atom. The molecular weight excluding hydrogens is 290 g/mol. The van der Waals surface area contributed by atoms with E-state index in [1.807, 2.05) is 11.8 Å². The molecule has 0 saturated heterocycles. The predicted molar refractivity (Wildman–Crippen MR) is 73.3 cm³/mol. The molecule has 1 rings (SSSR count). The topological polar surface area (TPSA) is 57.8 Å². The zero-order chi connectivity index (χ0) is 11.8. The molecule has 0 fully saturated rings. The molecule has 0 aliphatic carbocycles. The molecule has 4 nitrogen and oxygen atoms in total. The number of anilines is 1. The first-order valence-corrected chi connectivity index (χ1v) is 7.40. The molecule has 0 atom stereocenters. The summed E-state index contributed by atoms with van der Waals surface area (Å²) >= 11 is 5.08. The lowest BCUT2D eigenvalue weighted by Crippen LogP contribution is -2.12. The smallest absolute Gasteiger partial charge is 0.267 e. The summed E-state index contributed by atoms with van der Waals surface area (Å²) in [6.07, 6.45) is 7.07. The van der Waals surface area contributed by atoms with Crippen molar-refractivity contribution in [2.24, 2.45) is 0 Å². The Kier molecular flexibility index (Phi) is 6.56. The molecule has 1 aromatic rings. The van der Waals surface area contributed by atoms with E-state index >= 15 is 0 Å². The van der Waals surface area contributed by atoms with Gasteiger partial charge in [0.15, 0.2) is 0 Å².